The van der Waals surface area contributed by atoms with E-state index in [0.29, 0.717) is 44.2 Å². The van der Waals surface area contributed by atoms with Crippen LogP contribution in [0.15, 0.2) is 24.3 Å². The Morgan fingerprint density at radius 3 is 2.88 bits per heavy atom. The SMILES string of the molecule is COc1cccc(C(=O)N2CCOCC2CN(C)CCO)c1.O=CO. The summed E-state index contributed by atoms with van der Waals surface area (Å²) in [5, 5.41) is 15.9. The van der Waals surface area contributed by atoms with Gasteiger partial charge in [0.1, 0.15) is 5.75 Å². The molecular formula is C17H26N2O6. The van der Waals surface area contributed by atoms with Gasteiger partial charge < -0.3 is 29.5 Å². The molecule has 1 aromatic carbocycles. The first-order valence-corrected chi connectivity index (χ1v) is 7.97. The van der Waals surface area contributed by atoms with E-state index >= 15 is 0 Å². The van der Waals surface area contributed by atoms with Gasteiger partial charge >= 0.3 is 0 Å². The molecule has 0 aromatic heterocycles. The maximum Gasteiger partial charge on any atom is 0.290 e. The Hall–Kier alpha value is -2.16. The summed E-state index contributed by atoms with van der Waals surface area (Å²) in [6, 6.07) is 7.19. The van der Waals surface area contributed by atoms with Gasteiger partial charge in [0.15, 0.2) is 0 Å². The molecule has 1 saturated heterocycles. The Bertz CT molecular complexity index is 540. The predicted molar refractivity (Wildman–Crippen MR) is 91.9 cm³/mol. The van der Waals surface area contributed by atoms with E-state index in [9.17, 15) is 4.79 Å². The Morgan fingerprint density at radius 1 is 1.52 bits per heavy atom. The molecular weight excluding hydrogens is 328 g/mol. The Morgan fingerprint density at radius 2 is 2.24 bits per heavy atom. The van der Waals surface area contributed by atoms with Crippen LogP contribution in [0.25, 0.3) is 0 Å². The van der Waals surface area contributed by atoms with Crippen LogP contribution < -0.4 is 4.74 Å². The van der Waals surface area contributed by atoms with Crippen LogP contribution in [-0.2, 0) is 9.53 Å². The van der Waals surface area contributed by atoms with Gasteiger partial charge in [-0.2, -0.15) is 0 Å². The minimum Gasteiger partial charge on any atom is -0.497 e. The molecule has 0 radical (unpaired) electrons. The number of carbonyl (C=O) groups excluding carboxylic acids is 1. The minimum absolute atomic E-state index is 0.00963. The quantitative estimate of drug-likeness (QED) is 0.702. The van der Waals surface area contributed by atoms with Crippen molar-refractivity contribution in [1.29, 1.82) is 0 Å². The molecule has 0 spiro atoms. The van der Waals surface area contributed by atoms with Crippen LogP contribution in [0, 0.1) is 0 Å². The van der Waals surface area contributed by atoms with Gasteiger partial charge in [-0.1, -0.05) is 6.07 Å². The molecule has 0 saturated carbocycles. The zero-order chi connectivity index (χ0) is 18.7. The second kappa shape index (κ2) is 11.4. The Kier molecular flexibility index (Phi) is 9.53. The van der Waals surface area contributed by atoms with Gasteiger partial charge in [0.25, 0.3) is 12.4 Å². The normalized spacial score (nSPS) is 16.8. The third-order valence-electron chi connectivity index (χ3n) is 3.81. The number of hydrogen-bond donors (Lipinski definition) is 2. The van der Waals surface area contributed by atoms with Gasteiger partial charge in [0.05, 0.1) is 33.0 Å². The molecule has 1 aliphatic rings. The summed E-state index contributed by atoms with van der Waals surface area (Å²) in [5.74, 6) is 0.664. The molecule has 2 rings (SSSR count). The van der Waals surface area contributed by atoms with Crippen molar-refractivity contribution < 1.29 is 29.3 Å². The first-order valence-electron chi connectivity index (χ1n) is 7.97. The van der Waals surface area contributed by atoms with E-state index in [1.165, 1.54) is 0 Å². The summed E-state index contributed by atoms with van der Waals surface area (Å²) in [5.41, 5.74) is 0.621. The maximum absolute atomic E-state index is 12.8. The lowest BCUT2D eigenvalue weighted by molar-refractivity contribution is -0.122. The first kappa shape index (κ1) is 20.9. The molecule has 1 amide bonds. The lowest BCUT2D eigenvalue weighted by Crippen LogP contribution is -2.53. The number of carboxylic acid groups (broad SMARTS) is 1. The molecule has 0 bridgehead atoms. The van der Waals surface area contributed by atoms with E-state index in [4.69, 9.17) is 24.5 Å². The number of amides is 1. The minimum atomic E-state index is -0.250. The van der Waals surface area contributed by atoms with E-state index in [1.807, 2.05) is 29.0 Å². The molecule has 2 N–H and O–H groups in total. The zero-order valence-corrected chi connectivity index (χ0v) is 14.6. The molecule has 8 heteroatoms. The Labute approximate surface area is 147 Å². The number of morpholine rings is 1. The van der Waals surface area contributed by atoms with Crippen LogP contribution >= 0.6 is 0 Å². The molecule has 1 atom stereocenters. The highest BCUT2D eigenvalue weighted by Crippen LogP contribution is 2.17. The molecule has 0 aliphatic carbocycles. The molecule has 1 aromatic rings. The molecule has 1 unspecified atom stereocenters. The number of carbonyl (C=O) groups is 2. The zero-order valence-electron chi connectivity index (χ0n) is 14.6. The summed E-state index contributed by atoms with van der Waals surface area (Å²) in [7, 11) is 3.52. The van der Waals surface area contributed by atoms with E-state index in [2.05, 4.69) is 0 Å². The van der Waals surface area contributed by atoms with Crippen LogP contribution in [-0.4, -0.2) is 92.0 Å². The number of nitrogens with zero attached hydrogens (tertiary/aromatic N) is 2. The van der Waals surface area contributed by atoms with E-state index in [0.717, 1.165) is 0 Å². The predicted octanol–water partition coefficient (Wildman–Crippen LogP) is 0.161. The largest absolute Gasteiger partial charge is 0.497 e. The second-order valence-corrected chi connectivity index (χ2v) is 5.55. The lowest BCUT2D eigenvalue weighted by atomic mass is 10.1. The van der Waals surface area contributed by atoms with Crippen LogP contribution in [0.3, 0.4) is 0 Å². The number of benzene rings is 1. The maximum atomic E-state index is 12.8. The van der Waals surface area contributed by atoms with Crippen molar-refractivity contribution in [3.05, 3.63) is 29.8 Å². The van der Waals surface area contributed by atoms with Crippen molar-refractivity contribution in [1.82, 2.24) is 9.80 Å². The van der Waals surface area contributed by atoms with Gasteiger partial charge in [0.2, 0.25) is 0 Å². The molecule has 1 fully saturated rings. The topological polar surface area (TPSA) is 99.5 Å². The van der Waals surface area contributed by atoms with Crippen LogP contribution in [0.4, 0.5) is 0 Å². The molecule has 8 nitrogen and oxygen atoms in total. The number of hydrogen-bond acceptors (Lipinski definition) is 6. The van der Waals surface area contributed by atoms with Crippen LogP contribution in [0.5, 0.6) is 5.75 Å². The average Bonchev–Trinajstić information content (AvgIpc) is 2.62. The van der Waals surface area contributed by atoms with Gasteiger partial charge in [-0.15, -0.1) is 0 Å². The fourth-order valence-corrected chi connectivity index (χ4v) is 2.62. The molecule has 25 heavy (non-hydrogen) atoms. The number of methoxy groups -OCH3 is 1. The lowest BCUT2D eigenvalue weighted by Gasteiger charge is -2.37. The van der Waals surface area contributed by atoms with Crippen LogP contribution in [0.2, 0.25) is 0 Å². The van der Waals surface area contributed by atoms with E-state index in [1.54, 1.807) is 19.2 Å². The summed E-state index contributed by atoms with van der Waals surface area (Å²) in [6.07, 6.45) is 0. The van der Waals surface area contributed by atoms with E-state index < -0.39 is 0 Å². The van der Waals surface area contributed by atoms with Gasteiger partial charge in [0, 0.05) is 25.2 Å². The smallest absolute Gasteiger partial charge is 0.290 e. The van der Waals surface area contributed by atoms with Crippen molar-refractivity contribution in [2.75, 3.05) is 53.6 Å². The number of likely N-dealkylation sites (N-methyl/N-ethyl adjacent to an activating group) is 1. The van der Waals surface area contributed by atoms with Crippen LogP contribution in [0.1, 0.15) is 10.4 Å². The van der Waals surface area contributed by atoms with Crippen molar-refractivity contribution in [3.8, 4) is 5.75 Å². The van der Waals surface area contributed by atoms with Gasteiger partial charge in [-0.3, -0.25) is 9.59 Å². The Balaban J connectivity index is 0.000000970. The fourth-order valence-electron chi connectivity index (χ4n) is 2.62. The average molecular weight is 354 g/mol. The highest BCUT2D eigenvalue weighted by atomic mass is 16.5. The number of rotatable bonds is 6. The highest BCUT2D eigenvalue weighted by molar-refractivity contribution is 5.94. The summed E-state index contributed by atoms with van der Waals surface area (Å²) in [4.78, 5) is 25.0. The fraction of sp³-hybridized carbons (Fsp3) is 0.529. The molecule has 1 heterocycles. The summed E-state index contributed by atoms with van der Waals surface area (Å²) >= 11 is 0. The highest BCUT2D eigenvalue weighted by Gasteiger charge is 2.29. The van der Waals surface area contributed by atoms with Crippen molar-refractivity contribution in [2.45, 2.75) is 6.04 Å². The monoisotopic (exact) mass is 354 g/mol. The van der Waals surface area contributed by atoms with Crippen molar-refractivity contribution >= 4 is 12.4 Å². The third-order valence-corrected chi connectivity index (χ3v) is 3.81. The van der Waals surface area contributed by atoms with Gasteiger partial charge in [-0.05, 0) is 25.2 Å². The van der Waals surface area contributed by atoms with E-state index in [-0.39, 0.29) is 25.0 Å². The molecule has 1 aliphatic heterocycles. The third kappa shape index (κ3) is 6.69. The second-order valence-electron chi connectivity index (χ2n) is 5.55. The van der Waals surface area contributed by atoms with Crippen molar-refractivity contribution in [3.63, 3.8) is 0 Å². The number of aliphatic hydroxyl groups excluding tert-OH is 1. The number of aliphatic hydroxyl groups is 1. The molecule has 140 valence electrons. The summed E-state index contributed by atoms with van der Waals surface area (Å²) in [6.45, 7) is 2.76. The van der Waals surface area contributed by atoms with Crippen molar-refractivity contribution in [2.24, 2.45) is 0 Å². The standard InChI is InChI=1S/C16H24N2O4.CH2O2/c1-17(6-8-19)11-14-12-22-9-7-18(14)16(20)13-4-3-5-15(10-13)21-2;2-1-3/h3-5,10,14,19H,6-9,11-12H2,1-2H3;1H,(H,2,3). The number of ether oxygens (including phenoxy) is 2. The first-order chi connectivity index (χ1) is 12.1. The van der Waals surface area contributed by atoms with Gasteiger partial charge in [-0.25, -0.2) is 0 Å². The summed E-state index contributed by atoms with van der Waals surface area (Å²) < 4.78 is 10.7.